The predicted octanol–water partition coefficient (Wildman–Crippen LogP) is 2.66. The van der Waals surface area contributed by atoms with E-state index in [4.69, 9.17) is 0 Å². The summed E-state index contributed by atoms with van der Waals surface area (Å²) in [5.41, 5.74) is 2.07. The first-order valence-corrected chi connectivity index (χ1v) is 9.40. The molecule has 26 heavy (non-hydrogen) atoms. The highest BCUT2D eigenvalue weighted by Gasteiger charge is 2.38. The molecule has 3 N–H and O–H groups in total. The molecule has 0 unspecified atom stereocenters. The summed E-state index contributed by atoms with van der Waals surface area (Å²) in [7, 11) is 0. The fourth-order valence-electron chi connectivity index (χ4n) is 3.60. The highest BCUT2D eigenvalue weighted by molar-refractivity contribution is 5.94. The fourth-order valence-corrected chi connectivity index (χ4v) is 3.60. The Bertz CT molecular complexity index is 660. The molecule has 0 saturated carbocycles. The minimum absolute atomic E-state index is 0.169. The zero-order valence-electron chi connectivity index (χ0n) is 15.0. The Morgan fingerprint density at radius 2 is 2.00 bits per heavy atom. The highest BCUT2D eigenvalue weighted by atomic mass is 16.3. The first-order chi connectivity index (χ1) is 12.6. The van der Waals surface area contributed by atoms with Gasteiger partial charge in [0.2, 0.25) is 5.91 Å². The number of hydrogen-bond acceptors (Lipinski definition) is 3. The third kappa shape index (κ3) is 4.85. The van der Waals surface area contributed by atoms with Crippen LogP contribution in [0.2, 0.25) is 0 Å². The summed E-state index contributed by atoms with van der Waals surface area (Å²) in [6.45, 7) is 0.743. The van der Waals surface area contributed by atoms with Gasteiger partial charge in [-0.15, -0.1) is 0 Å². The van der Waals surface area contributed by atoms with E-state index in [-0.39, 0.29) is 24.9 Å². The average Bonchev–Trinajstić information content (AvgIpc) is 3.05. The SMILES string of the molecule is O=C(NCCC1=CCCCC1)[C@@H]1C[C@@H](O)CN1C(=O)Nc1ccccc1. The molecule has 0 aromatic heterocycles. The third-order valence-electron chi connectivity index (χ3n) is 5.00. The number of para-hydroxylation sites is 1. The molecule has 1 aromatic carbocycles. The number of hydrogen-bond donors (Lipinski definition) is 3. The molecule has 1 fully saturated rings. The number of nitrogens with zero attached hydrogens (tertiary/aromatic N) is 1. The molecule has 2 atom stereocenters. The summed E-state index contributed by atoms with van der Waals surface area (Å²) < 4.78 is 0. The second kappa shape index (κ2) is 8.85. The topological polar surface area (TPSA) is 81.7 Å². The van der Waals surface area contributed by atoms with Crippen molar-refractivity contribution in [3.8, 4) is 0 Å². The van der Waals surface area contributed by atoms with Crippen LogP contribution < -0.4 is 10.6 Å². The third-order valence-corrected chi connectivity index (χ3v) is 5.00. The van der Waals surface area contributed by atoms with Crippen molar-refractivity contribution in [1.82, 2.24) is 10.2 Å². The molecule has 3 rings (SSSR count). The molecule has 6 heteroatoms. The number of anilines is 1. The van der Waals surface area contributed by atoms with E-state index >= 15 is 0 Å². The second-order valence-corrected chi connectivity index (χ2v) is 7.00. The standard InChI is InChI=1S/C20H27N3O3/c24-17-13-18(19(25)21-12-11-15-7-3-1-4-8-15)23(14-17)20(26)22-16-9-5-2-6-10-16/h2,5-7,9-10,17-18,24H,1,3-4,8,11-14H2,(H,21,25)(H,22,26)/t17-,18+/m1/s1. The molecule has 0 spiro atoms. The summed E-state index contributed by atoms with van der Waals surface area (Å²) in [4.78, 5) is 26.5. The lowest BCUT2D eigenvalue weighted by Gasteiger charge is -2.24. The van der Waals surface area contributed by atoms with Gasteiger partial charge in [-0.05, 0) is 44.2 Å². The largest absolute Gasteiger partial charge is 0.391 e. The van der Waals surface area contributed by atoms with Gasteiger partial charge in [0.15, 0.2) is 0 Å². The van der Waals surface area contributed by atoms with Crippen LogP contribution in [-0.2, 0) is 4.79 Å². The average molecular weight is 357 g/mol. The van der Waals surface area contributed by atoms with Crippen molar-refractivity contribution in [2.45, 2.75) is 50.7 Å². The molecule has 0 radical (unpaired) electrons. The van der Waals surface area contributed by atoms with Crippen LogP contribution in [0.25, 0.3) is 0 Å². The van der Waals surface area contributed by atoms with Crippen molar-refractivity contribution in [3.63, 3.8) is 0 Å². The lowest BCUT2D eigenvalue weighted by molar-refractivity contribution is -0.124. The Labute approximate surface area is 154 Å². The maximum Gasteiger partial charge on any atom is 0.322 e. The number of likely N-dealkylation sites (tertiary alicyclic amines) is 1. The van der Waals surface area contributed by atoms with Crippen molar-refractivity contribution in [3.05, 3.63) is 42.0 Å². The van der Waals surface area contributed by atoms with E-state index in [1.165, 1.54) is 23.3 Å². The van der Waals surface area contributed by atoms with E-state index in [1.807, 2.05) is 18.2 Å². The van der Waals surface area contributed by atoms with Gasteiger partial charge < -0.3 is 20.6 Å². The van der Waals surface area contributed by atoms with E-state index < -0.39 is 12.1 Å². The van der Waals surface area contributed by atoms with Gasteiger partial charge in [-0.1, -0.05) is 29.8 Å². The van der Waals surface area contributed by atoms with Crippen LogP contribution in [-0.4, -0.2) is 47.2 Å². The minimum atomic E-state index is -0.673. The Kier molecular flexibility index (Phi) is 6.28. The number of amides is 3. The lowest BCUT2D eigenvalue weighted by atomic mass is 9.97. The Hall–Kier alpha value is -2.34. The number of carbonyl (C=O) groups excluding carboxylic acids is 2. The molecule has 1 saturated heterocycles. The number of aliphatic hydroxyl groups excluding tert-OH is 1. The van der Waals surface area contributed by atoms with E-state index in [9.17, 15) is 14.7 Å². The number of carbonyl (C=O) groups is 2. The van der Waals surface area contributed by atoms with Crippen molar-refractivity contribution in [1.29, 1.82) is 0 Å². The predicted molar refractivity (Wildman–Crippen MR) is 101 cm³/mol. The number of nitrogens with one attached hydrogen (secondary N) is 2. The fraction of sp³-hybridized carbons (Fsp3) is 0.500. The van der Waals surface area contributed by atoms with Crippen LogP contribution in [0.5, 0.6) is 0 Å². The van der Waals surface area contributed by atoms with E-state index in [0.29, 0.717) is 12.2 Å². The first-order valence-electron chi connectivity index (χ1n) is 9.40. The molecule has 6 nitrogen and oxygen atoms in total. The van der Waals surface area contributed by atoms with Crippen LogP contribution in [0, 0.1) is 0 Å². The summed E-state index contributed by atoms with van der Waals surface area (Å²) >= 11 is 0. The smallest absolute Gasteiger partial charge is 0.322 e. The minimum Gasteiger partial charge on any atom is -0.391 e. The van der Waals surface area contributed by atoms with Crippen LogP contribution in [0.4, 0.5) is 10.5 Å². The molecule has 0 bridgehead atoms. The van der Waals surface area contributed by atoms with Crippen molar-refractivity contribution < 1.29 is 14.7 Å². The number of aliphatic hydroxyl groups is 1. The van der Waals surface area contributed by atoms with Gasteiger partial charge >= 0.3 is 6.03 Å². The number of urea groups is 1. The Morgan fingerprint density at radius 3 is 2.73 bits per heavy atom. The maximum atomic E-state index is 12.5. The zero-order chi connectivity index (χ0) is 18.4. The molecule has 3 amide bonds. The lowest BCUT2D eigenvalue weighted by Crippen LogP contribution is -2.47. The van der Waals surface area contributed by atoms with Gasteiger partial charge in [0.05, 0.1) is 6.10 Å². The number of rotatable bonds is 5. The molecule has 1 aromatic rings. The normalized spacial score (nSPS) is 22.7. The molecule has 1 aliphatic heterocycles. The van der Waals surface area contributed by atoms with Crippen LogP contribution in [0.3, 0.4) is 0 Å². The van der Waals surface area contributed by atoms with Gasteiger partial charge in [-0.25, -0.2) is 4.79 Å². The van der Waals surface area contributed by atoms with Crippen LogP contribution in [0.15, 0.2) is 42.0 Å². The van der Waals surface area contributed by atoms with E-state index in [2.05, 4.69) is 16.7 Å². The Balaban J connectivity index is 1.53. The van der Waals surface area contributed by atoms with Gasteiger partial charge in [0.25, 0.3) is 0 Å². The number of allylic oxidation sites excluding steroid dienone is 1. The van der Waals surface area contributed by atoms with Crippen molar-refractivity contribution in [2.75, 3.05) is 18.4 Å². The monoisotopic (exact) mass is 357 g/mol. The second-order valence-electron chi connectivity index (χ2n) is 7.00. The van der Waals surface area contributed by atoms with E-state index in [0.717, 1.165) is 19.3 Å². The zero-order valence-corrected chi connectivity index (χ0v) is 15.0. The van der Waals surface area contributed by atoms with Gasteiger partial charge in [0, 0.05) is 25.2 Å². The first kappa shape index (κ1) is 18.5. The molecule has 2 aliphatic rings. The van der Waals surface area contributed by atoms with Crippen molar-refractivity contribution in [2.24, 2.45) is 0 Å². The summed E-state index contributed by atoms with van der Waals surface area (Å²) in [5.74, 6) is -0.193. The van der Waals surface area contributed by atoms with E-state index in [1.54, 1.807) is 12.1 Å². The molecule has 1 aliphatic carbocycles. The quantitative estimate of drug-likeness (QED) is 0.709. The Morgan fingerprint density at radius 1 is 1.19 bits per heavy atom. The molecule has 140 valence electrons. The summed E-state index contributed by atoms with van der Waals surface area (Å²) in [6.07, 6.45) is 7.45. The maximum absolute atomic E-state index is 12.5. The van der Waals surface area contributed by atoms with Gasteiger partial charge in [-0.3, -0.25) is 4.79 Å². The van der Waals surface area contributed by atoms with Crippen LogP contribution in [0.1, 0.15) is 38.5 Å². The molecular formula is C20H27N3O3. The molecule has 1 heterocycles. The van der Waals surface area contributed by atoms with Gasteiger partial charge in [-0.2, -0.15) is 0 Å². The highest BCUT2D eigenvalue weighted by Crippen LogP contribution is 2.21. The number of benzene rings is 1. The number of β-amino-alcohol motifs (C(OH)–C–C–N with tert-alkyl or cyclic N) is 1. The van der Waals surface area contributed by atoms with Gasteiger partial charge in [0.1, 0.15) is 6.04 Å². The summed E-state index contributed by atoms with van der Waals surface area (Å²) in [5, 5.41) is 15.7. The molecular weight excluding hydrogens is 330 g/mol. The van der Waals surface area contributed by atoms with Crippen molar-refractivity contribution >= 4 is 17.6 Å². The van der Waals surface area contributed by atoms with Crippen LogP contribution >= 0.6 is 0 Å². The summed E-state index contributed by atoms with van der Waals surface area (Å²) in [6, 6.07) is 8.12.